The van der Waals surface area contributed by atoms with Crippen LogP contribution in [0.3, 0.4) is 0 Å². The molecule has 1 saturated heterocycles. The second-order valence-corrected chi connectivity index (χ2v) is 14.4. The van der Waals surface area contributed by atoms with Crippen molar-refractivity contribution in [3.63, 3.8) is 0 Å². The molecule has 2 aromatic carbocycles. The van der Waals surface area contributed by atoms with Crippen LogP contribution >= 0.6 is 0 Å². The van der Waals surface area contributed by atoms with E-state index in [2.05, 4.69) is 52.0 Å². The summed E-state index contributed by atoms with van der Waals surface area (Å²) in [6.45, 7) is 8.84. The topological polar surface area (TPSA) is 72.8 Å². The minimum absolute atomic E-state index is 0.0615. The van der Waals surface area contributed by atoms with Crippen LogP contribution in [0.2, 0.25) is 0 Å². The fraction of sp³-hybridized carbons (Fsp3) is 0.463. The Balaban J connectivity index is 1.48. The lowest BCUT2D eigenvalue weighted by molar-refractivity contribution is -0.135. The molecule has 2 bridgehead atoms. The van der Waals surface area contributed by atoms with Crippen LogP contribution in [0.15, 0.2) is 88.9 Å². The van der Waals surface area contributed by atoms with Gasteiger partial charge in [-0.1, -0.05) is 76.9 Å². The van der Waals surface area contributed by atoms with Crippen molar-refractivity contribution in [3.8, 4) is 16.9 Å². The van der Waals surface area contributed by atoms with E-state index in [4.69, 9.17) is 9.47 Å². The summed E-state index contributed by atoms with van der Waals surface area (Å²) in [7, 11) is 0. The number of carbonyl (C=O) groups is 2. The molecular weight excluding hydrogens is 572 g/mol. The molecule has 1 saturated carbocycles. The average molecular weight is 619 g/mol. The van der Waals surface area contributed by atoms with Crippen LogP contribution in [-0.4, -0.2) is 17.0 Å². The van der Waals surface area contributed by atoms with Crippen LogP contribution in [-0.2, 0) is 19.1 Å². The van der Waals surface area contributed by atoms with Gasteiger partial charge in [-0.2, -0.15) is 0 Å². The Labute approximate surface area is 273 Å². The molecular formula is C41H46O5. The predicted molar refractivity (Wildman–Crippen MR) is 180 cm³/mol. The molecule has 8 rings (SSSR count). The van der Waals surface area contributed by atoms with Crippen molar-refractivity contribution in [2.24, 2.45) is 35.0 Å². The summed E-state index contributed by atoms with van der Waals surface area (Å²) < 4.78 is 12.4. The van der Waals surface area contributed by atoms with Gasteiger partial charge in [0.15, 0.2) is 0 Å². The minimum Gasteiger partial charge on any atom is -0.508 e. The number of unbranched alkanes of at least 4 members (excludes halogenated alkanes) is 1. The maximum atomic E-state index is 14.4. The Kier molecular flexibility index (Phi) is 8.07. The maximum absolute atomic E-state index is 14.4. The average Bonchev–Trinajstić information content (AvgIpc) is 3.54. The minimum atomic E-state index is -0.739. The summed E-state index contributed by atoms with van der Waals surface area (Å²) in [5, 5.41) is 10.9. The van der Waals surface area contributed by atoms with Crippen molar-refractivity contribution in [2.45, 2.75) is 85.5 Å². The number of phenols is 1. The van der Waals surface area contributed by atoms with E-state index >= 15 is 0 Å². The van der Waals surface area contributed by atoms with Crippen LogP contribution < -0.4 is 0 Å². The number of hydrogen-bond acceptors (Lipinski definition) is 5. The Morgan fingerprint density at radius 3 is 2.50 bits per heavy atom. The second-order valence-electron chi connectivity index (χ2n) is 14.4. The van der Waals surface area contributed by atoms with Gasteiger partial charge in [-0.05, 0) is 115 Å². The van der Waals surface area contributed by atoms with Crippen molar-refractivity contribution in [1.29, 1.82) is 0 Å². The highest BCUT2D eigenvalue weighted by molar-refractivity contribution is 6.07. The van der Waals surface area contributed by atoms with Gasteiger partial charge in [-0.15, -0.1) is 0 Å². The van der Waals surface area contributed by atoms with E-state index in [1.165, 1.54) is 0 Å². The molecule has 5 nitrogen and oxygen atoms in total. The van der Waals surface area contributed by atoms with Gasteiger partial charge in [0.25, 0.3) is 0 Å². The van der Waals surface area contributed by atoms with Gasteiger partial charge < -0.3 is 14.6 Å². The number of hydrogen-bond donors (Lipinski definition) is 1. The van der Waals surface area contributed by atoms with Crippen molar-refractivity contribution >= 4 is 17.5 Å². The molecule has 6 aliphatic rings. The number of benzene rings is 2. The van der Waals surface area contributed by atoms with Gasteiger partial charge in [0.05, 0.1) is 11.0 Å². The van der Waals surface area contributed by atoms with Gasteiger partial charge in [0.1, 0.15) is 17.3 Å². The highest BCUT2D eigenvalue weighted by Crippen LogP contribution is 2.72. The zero-order valence-corrected chi connectivity index (χ0v) is 27.6. The number of rotatable bonds is 9. The SMILES string of the molecule is CCCC=C1OC(=O)C2=C1CCC1C3CCC4(C(=CC(CC)CCC(C)C)OC(=O)C4=C3c3cc(O)ccc3-c3ccccc3)C21. The fourth-order valence-electron chi connectivity index (χ4n) is 9.28. The molecule has 0 aromatic heterocycles. The summed E-state index contributed by atoms with van der Waals surface area (Å²) in [5.74, 6) is 1.99. The van der Waals surface area contributed by atoms with Crippen LogP contribution in [0.4, 0.5) is 0 Å². The molecule has 5 atom stereocenters. The van der Waals surface area contributed by atoms with Crippen molar-refractivity contribution < 1.29 is 24.2 Å². The number of aromatic hydroxyl groups is 1. The summed E-state index contributed by atoms with van der Waals surface area (Å²) in [4.78, 5) is 28.2. The number of cyclic esters (lactones) is 2. The molecule has 2 aliphatic heterocycles. The second kappa shape index (κ2) is 12.1. The first-order valence-corrected chi connectivity index (χ1v) is 17.5. The Morgan fingerprint density at radius 2 is 1.76 bits per heavy atom. The Bertz CT molecular complexity index is 1690. The molecule has 4 aliphatic carbocycles. The first-order chi connectivity index (χ1) is 22.3. The lowest BCUT2D eigenvalue weighted by atomic mass is 9.44. The largest absolute Gasteiger partial charge is 0.508 e. The monoisotopic (exact) mass is 618 g/mol. The van der Waals surface area contributed by atoms with Crippen LogP contribution in [0, 0.1) is 35.0 Å². The number of fused-ring (bicyclic) bond motifs is 1. The highest BCUT2D eigenvalue weighted by Gasteiger charge is 2.68. The molecule has 0 radical (unpaired) electrons. The van der Waals surface area contributed by atoms with Crippen LogP contribution in [0.1, 0.15) is 91.0 Å². The molecule has 46 heavy (non-hydrogen) atoms. The molecule has 2 fully saturated rings. The van der Waals surface area contributed by atoms with E-state index in [9.17, 15) is 14.7 Å². The number of allylic oxidation sites excluding steroid dienone is 5. The van der Waals surface area contributed by atoms with E-state index in [0.717, 1.165) is 103 Å². The zero-order chi connectivity index (χ0) is 32.2. The third kappa shape index (κ3) is 4.80. The van der Waals surface area contributed by atoms with Gasteiger partial charge >= 0.3 is 11.9 Å². The van der Waals surface area contributed by atoms with Crippen molar-refractivity contribution in [2.75, 3.05) is 0 Å². The molecule has 0 amide bonds. The highest BCUT2D eigenvalue weighted by atomic mass is 16.5. The van der Waals surface area contributed by atoms with Crippen LogP contribution in [0.5, 0.6) is 5.75 Å². The van der Waals surface area contributed by atoms with Gasteiger partial charge in [0.2, 0.25) is 0 Å². The molecule has 2 heterocycles. The van der Waals surface area contributed by atoms with Gasteiger partial charge in [0, 0.05) is 17.1 Å². The fourth-order valence-corrected chi connectivity index (χ4v) is 9.28. The molecule has 240 valence electrons. The predicted octanol–water partition coefficient (Wildman–Crippen LogP) is 9.69. The quantitative estimate of drug-likeness (QED) is 0.283. The lowest BCUT2D eigenvalue weighted by Crippen LogP contribution is -2.52. The first kappa shape index (κ1) is 30.8. The van der Waals surface area contributed by atoms with E-state index in [1.54, 1.807) is 6.07 Å². The number of ether oxygens (including phenoxy) is 2. The van der Waals surface area contributed by atoms with Gasteiger partial charge in [-0.25, -0.2) is 9.59 Å². The summed E-state index contributed by atoms with van der Waals surface area (Å²) in [5.41, 5.74) is 5.71. The molecule has 1 spiro atoms. The Morgan fingerprint density at radius 1 is 0.957 bits per heavy atom. The first-order valence-electron chi connectivity index (χ1n) is 17.5. The smallest absolute Gasteiger partial charge is 0.340 e. The number of phenolic OH excluding ortho intramolecular Hbond substituents is 1. The zero-order valence-electron chi connectivity index (χ0n) is 27.6. The summed E-state index contributed by atoms with van der Waals surface area (Å²) in [6, 6.07) is 15.7. The van der Waals surface area contributed by atoms with Crippen molar-refractivity contribution in [1.82, 2.24) is 0 Å². The van der Waals surface area contributed by atoms with Gasteiger partial charge in [-0.3, -0.25) is 0 Å². The van der Waals surface area contributed by atoms with Crippen LogP contribution in [0.25, 0.3) is 16.7 Å². The standard InChI is InChI=1S/C41H46O5/c1-5-7-13-33-31-19-18-30-29-20-21-41(37(30)36(31)39(43)45-33)34(22-25(6-2)15-14-24(3)4)46-40(44)38(41)35(29)32-23-27(42)16-17-28(32)26-11-9-8-10-12-26/h8-13,16-17,22-25,29-30,37,42H,5-7,14-15,18-21H2,1-4H3. The van der Waals surface area contributed by atoms with E-state index in [0.29, 0.717) is 11.5 Å². The molecule has 1 N–H and O–H groups in total. The number of esters is 2. The van der Waals surface area contributed by atoms with Crippen molar-refractivity contribution in [3.05, 3.63) is 94.5 Å². The lowest BCUT2D eigenvalue weighted by Gasteiger charge is -2.56. The molecule has 2 aromatic rings. The third-order valence-corrected chi connectivity index (χ3v) is 11.4. The number of carbonyl (C=O) groups excluding carboxylic acids is 2. The van der Waals surface area contributed by atoms with E-state index in [-0.39, 0.29) is 41.4 Å². The molecule has 5 unspecified atom stereocenters. The van der Waals surface area contributed by atoms with E-state index in [1.807, 2.05) is 30.3 Å². The maximum Gasteiger partial charge on any atom is 0.340 e. The van der Waals surface area contributed by atoms with E-state index < -0.39 is 5.41 Å². The third-order valence-electron chi connectivity index (χ3n) is 11.4. The molecule has 5 heteroatoms. The summed E-state index contributed by atoms with van der Waals surface area (Å²) in [6.07, 6.45) is 12.6. The summed E-state index contributed by atoms with van der Waals surface area (Å²) >= 11 is 0. The Hall–Kier alpha value is -3.86. The normalized spacial score (nSPS) is 28.9.